The first-order valence-electron chi connectivity index (χ1n) is 7.27. The van der Waals surface area contributed by atoms with E-state index < -0.39 is 11.0 Å². The molecule has 3 heteroatoms. The molecule has 3 nitrogen and oxygen atoms in total. The van der Waals surface area contributed by atoms with Gasteiger partial charge in [-0.15, -0.1) is 0 Å². The molecular weight excluding hydrogens is 228 g/mol. The Morgan fingerprint density at radius 1 is 1.39 bits per heavy atom. The van der Waals surface area contributed by atoms with Crippen molar-refractivity contribution in [1.29, 1.82) is 0 Å². The minimum absolute atomic E-state index is 0.0684. The van der Waals surface area contributed by atoms with Crippen molar-refractivity contribution in [3.8, 4) is 0 Å². The molecule has 0 amide bonds. The van der Waals surface area contributed by atoms with Gasteiger partial charge in [-0.2, -0.15) is 0 Å². The van der Waals surface area contributed by atoms with Crippen LogP contribution in [0, 0.1) is 17.3 Å². The number of esters is 1. The molecule has 0 aromatic heterocycles. The highest BCUT2D eigenvalue weighted by molar-refractivity contribution is 5.76. The van der Waals surface area contributed by atoms with Crippen molar-refractivity contribution < 1.29 is 14.6 Å². The highest BCUT2D eigenvalue weighted by Crippen LogP contribution is 2.68. The zero-order chi connectivity index (χ0) is 13.2. The molecule has 0 aromatic rings. The van der Waals surface area contributed by atoms with Gasteiger partial charge < -0.3 is 9.84 Å². The van der Waals surface area contributed by atoms with Crippen LogP contribution >= 0.6 is 0 Å². The largest absolute Gasteiger partial charge is 0.458 e. The van der Waals surface area contributed by atoms with E-state index in [1.54, 1.807) is 0 Å². The maximum atomic E-state index is 12.4. The van der Waals surface area contributed by atoms with E-state index in [-0.39, 0.29) is 11.6 Å². The average molecular weight is 252 g/mol. The van der Waals surface area contributed by atoms with Crippen LogP contribution in [0.2, 0.25) is 0 Å². The van der Waals surface area contributed by atoms with Crippen molar-refractivity contribution in [2.45, 2.75) is 70.5 Å². The minimum atomic E-state index is -0.514. The zero-order valence-electron chi connectivity index (χ0n) is 11.7. The number of carbonyl (C=O) groups excluding carboxylic acids is 1. The lowest BCUT2D eigenvalue weighted by Crippen LogP contribution is -2.39. The summed E-state index contributed by atoms with van der Waals surface area (Å²) in [5.41, 5.74) is -1.22. The number of hydrogen-bond acceptors (Lipinski definition) is 3. The fourth-order valence-electron chi connectivity index (χ4n) is 4.66. The topological polar surface area (TPSA) is 46.5 Å². The zero-order valence-corrected chi connectivity index (χ0v) is 11.7. The first-order valence-corrected chi connectivity index (χ1v) is 7.27. The van der Waals surface area contributed by atoms with Crippen molar-refractivity contribution in [2.75, 3.05) is 0 Å². The summed E-state index contributed by atoms with van der Waals surface area (Å²) in [5, 5.41) is 10.4. The molecule has 0 spiro atoms. The van der Waals surface area contributed by atoms with E-state index in [0.29, 0.717) is 18.3 Å². The smallest absolute Gasteiger partial charge is 0.312 e. The highest BCUT2D eigenvalue weighted by Gasteiger charge is 2.72. The van der Waals surface area contributed by atoms with Crippen molar-refractivity contribution in [2.24, 2.45) is 17.3 Å². The number of ether oxygens (including phenoxy) is 1. The predicted octanol–water partition coefficient (Wildman–Crippen LogP) is 2.66. The number of carbonyl (C=O) groups is 1. The summed E-state index contributed by atoms with van der Waals surface area (Å²) in [6, 6.07) is 0. The normalized spacial score (nSPS) is 44.9. The highest BCUT2D eigenvalue weighted by atomic mass is 16.6. The van der Waals surface area contributed by atoms with Crippen molar-refractivity contribution in [3.05, 3.63) is 0 Å². The first kappa shape index (κ1) is 12.5. The van der Waals surface area contributed by atoms with Gasteiger partial charge in [0.25, 0.3) is 0 Å². The maximum absolute atomic E-state index is 12.4. The van der Waals surface area contributed by atoms with Gasteiger partial charge in [-0.1, -0.05) is 13.3 Å². The number of hydrogen-bond donors (Lipinski definition) is 1. The SMILES string of the molecule is CCCC(C)(C)C(=O)OC12CC3CC1CC3(O)C2. The third-order valence-corrected chi connectivity index (χ3v) is 5.59. The molecule has 4 fully saturated rings. The monoisotopic (exact) mass is 252 g/mol. The lowest BCUT2D eigenvalue weighted by Gasteiger charge is -2.33. The molecule has 1 N–H and O–H groups in total. The van der Waals surface area contributed by atoms with Gasteiger partial charge in [-0.05, 0) is 45.4 Å². The molecule has 4 saturated carbocycles. The molecule has 0 saturated heterocycles. The van der Waals surface area contributed by atoms with Crippen LogP contribution in [-0.2, 0) is 9.53 Å². The molecular formula is C15H24O3. The van der Waals surface area contributed by atoms with Gasteiger partial charge in [-0.3, -0.25) is 4.79 Å². The number of rotatable bonds is 4. The van der Waals surface area contributed by atoms with Gasteiger partial charge in [0.15, 0.2) is 0 Å². The Morgan fingerprint density at radius 3 is 2.50 bits per heavy atom. The van der Waals surface area contributed by atoms with Crippen LogP contribution in [0.5, 0.6) is 0 Å². The molecule has 4 atom stereocenters. The van der Waals surface area contributed by atoms with Crippen molar-refractivity contribution in [1.82, 2.24) is 0 Å². The van der Waals surface area contributed by atoms with Crippen LogP contribution in [-0.4, -0.2) is 22.3 Å². The van der Waals surface area contributed by atoms with Gasteiger partial charge in [0, 0.05) is 12.3 Å². The standard InChI is InChI=1S/C15H24O3/c1-4-5-13(2,3)12(16)18-15-8-10-6-11(15)7-14(10,17)9-15/h10-11,17H,4-9H2,1-3H3. The van der Waals surface area contributed by atoms with E-state index in [4.69, 9.17) is 4.74 Å². The summed E-state index contributed by atoms with van der Waals surface area (Å²) in [6.07, 6.45) is 5.33. The third kappa shape index (κ3) is 1.49. The van der Waals surface area contributed by atoms with Gasteiger partial charge in [-0.25, -0.2) is 0 Å². The van der Waals surface area contributed by atoms with E-state index in [9.17, 15) is 9.90 Å². The molecule has 0 heterocycles. The van der Waals surface area contributed by atoms with Crippen molar-refractivity contribution >= 4 is 5.97 Å². The summed E-state index contributed by atoms with van der Waals surface area (Å²) in [5.74, 6) is 0.722. The Bertz CT molecular complexity index is 389. The summed E-state index contributed by atoms with van der Waals surface area (Å²) < 4.78 is 5.93. The van der Waals surface area contributed by atoms with Crippen LogP contribution in [0.15, 0.2) is 0 Å². The van der Waals surface area contributed by atoms with Gasteiger partial charge in [0.1, 0.15) is 5.60 Å². The second kappa shape index (κ2) is 3.50. The molecule has 0 radical (unpaired) electrons. The Morgan fingerprint density at radius 2 is 2.11 bits per heavy atom. The molecule has 4 unspecified atom stereocenters. The van der Waals surface area contributed by atoms with E-state index in [1.807, 2.05) is 13.8 Å². The second-order valence-corrected chi connectivity index (χ2v) is 7.41. The van der Waals surface area contributed by atoms with Crippen LogP contribution < -0.4 is 0 Å². The average Bonchev–Trinajstić information content (AvgIpc) is 2.84. The Labute approximate surface area is 109 Å². The van der Waals surface area contributed by atoms with E-state index in [1.165, 1.54) is 0 Å². The minimum Gasteiger partial charge on any atom is -0.458 e. The summed E-state index contributed by atoms with van der Waals surface area (Å²) in [6.45, 7) is 6.03. The Hall–Kier alpha value is -0.570. The maximum Gasteiger partial charge on any atom is 0.312 e. The first-order chi connectivity index (χ1) is 8.31. The number of aliphatic hydroxyl groups is 1. The van der Waals surface area contributed by atoms with Gasteiger partial charge >= 0.3 is 5.97 Å². The van der Waals surface area contributed by atoms with E-state index in [2.05, 4.69) is 6.92 Å². The molecule has 18 heavy (non-hydrogen) atoms. The van der Waals surface area contributed by atoms with Crippen LogP contribution in [0.25, 0.3) is 0 Å². The Balaban J connectivity index is 1.74. The summed E-state index contributed by atoms with van der Waals surface area (Å²) in [7, 11) is 0. The van der Waals surface area contributed by atoms with Gasteiger partial charge in [0.2, 0.25) is 0 Å². The van der Waals surface area contributed by atoms with Crippen LogP contribution in [0.4, 0.5) is 0 Å². The molecule has 0 aromatic carbocycles. The summed E-state index contributed by atoms with van der Waals surface area (Å²) >= 11 is 0. The third-order valence-electron chi connectivity index (χ3n) is 5.59. The van der Waals surface area contributed by atoms with Gasteiger partial charge in [0.05, 0.1) is 11.0 Å². The molecule has 4 aliphatic rings. The lowest BCUT2D eigenvalue weighted by atomic mass is 9.87. The second-order valence-electron chi connectivity index (χ2n) is 7.41. The van der Waals surface area contributed by atoms with Crippen LogP contribution in [0.3, 0.4) is 0 Å². The predicted molar refractivity (Wildman–Crippen MR) is 67.9 cm³/mol. The quantitative estimate of drug-likeness (QED) is 0.782. The molecule has 4 rings (SSSR count). The van der Waals surface area contributed by atoms with Crippen LogP contribution in [0.1, 0.15) is 59.3 Å². The summed E-state index contributed by atoms with van der Waals surface area (Å²) in [4.78, 5) is 12.4. The fourth-order valence-corrected chi connectivity index (χ4v) is 4.66. The van der Waals surface area contributed by atoms with E-state index >= 15 is 0 Å². The van der Waals surface area contributed by atoms with E-state index in [0.717, 1.165) is 32.1 Å². The lowest BCUT2D eigenvalue weighted by molar-refractivity contribution is -0.173. The fraction of sp³-hybridized carbons (Fsp3) is 0.933. The molecule has 0 aliphatic heterocycles. The van der Waals surface area contributed by atoms with Crippen molar-refractivity contribution in [3.63, 3.8) is 0 Å². The Kier molecular flexibility index (Phi) is 2.42. The molecule has 4 aliphatic carbocycles. The molecule has 4 bridgehead atoms. The molecule has 102 valence electrons.